The first-order valence-electron chi connectivity index (χ1n) is 8.58. The summed E-state index contributed by atoms with van der Waals surface area (Å²) in [6.07, 6.45) is 1.79. The predicted molar refractivity (Wildman–Crippen MR) is 101 cm³/mol. The number of hydrogen-bond acceptors (Lipinski definition) is 6. The molecule has 0 aromatic carbocycles. The Morgan fingerprint density at radius 1 is 1.23 bits per heavy atom. The molecule has 6 nitrogen and oxygen atoms in total. The third-order valence-electron chi connectivity index (χ3n) is 4.60. The van der Waals surface area contributed by atoms with E-state index in [-0.39, 0.29) is 5.91 Å². The number of pyridine rings is 1. The molecule has 8 heteroatoms. The SMILES string of the molecule is O=C([C@@H]1CC(c2ccc(Cl)s2)=NO1)N1CCN(Cc2ccccn2)CC1. The molecule has 2 aromatic rings. The summed E-state index contributed by atoms with van der Waals surface area (Å²) in [6.45, 7) is 3.89. The Labute approximate surface area is 161 Å². The molecule has 1 fully saturated rings. The van der Waals surface area contributed by atoms with Gasteiger partial charge < -0.3 is 9.74 Å². The first-order chi connectivity index (χ1) is 12.7. The molecule has 136 valence electrons. The number of nitrogens with zero attached hydrogens (tertiary/aromatic N) is 4. The minimum absolute atomic E-state index is 0.0175. The molecule has 2 aliphatic rings. The molecule has 2 aliphatic heterocycles. The molecule has 0 bridgehead atoms. The maximum Gasteiger partial charge on any atom is 0.266 e. The number of amides is 1. The zero-order chi connectivity index (χ0) is 17.9. The van der Waals surface area contributed by atoms with Gasteiger partial charge in [-0.1, -0.05) is 22.8 Å². The summed E-state index contributed by atoms with van der Waals surface area (Å²) in [5.41, 5.74) is 1.85. The van der Waals surface area contributed by atoms with Gasteiger partial charge in [-0.25, -0.2) is 0 Å². The molecule has 0 radical (unpaired) electrons. The van der Waals surface area contributed by atoms with E-state index >= 15 is 0 Å². The normalized spacial score (nSPS) is 20.7. The molecule has 0 saturated carbocycles. The van der Waals surface area contributed by atoms with Crippen LogP contribution in [0.3, 0.4) is 0 Å². The van der Waals surface area contributed by atoms with E-state index in [1.807, 2.05) is 41.4 Å². The lowest BCUT2D eigenvalue weighted by molar-refractivity contribution is -0.143. The fourth-order valence-electron chi connectivity index (χ4n) is 3.18. The minimum Gasteiger partial charge on any atom is -0.382 e. The van der Waals surface area contributed by atoms with Crippen LogP contribution in [0, 0.1) is 0 Å². The first kappa shape index (κ1) is 17.5. The van der Waals surface area contributed by atoms with E-state index < -0.39 is 6.10 Å². The molecule has 4 heterocycles. The maximum atomic E-state index is 12.7. The third kappa shape index (κ3) is 3.90. The lowest BCUT2D eigenvalue weighted by atomic mass is 10.1. The zero-order valence-electron chi connectivity index (χ0n) is 14.2. The van der Waals surface area contributed by atoms with Gasteiger partial charge in [-0.3, -0.25) is 14.7 Å². The van der Waals surface area contributed by atoms with Gasteiger partial charge in [-0.15, -0.1) is 11.3 Å². The molecule has 1 amide bonds. The van der Waals surface area contributed by atoms with Crippen molar-refractivity contribution in [2.24, 2.45) is 5.16 Å². The molecule has 0 N–H and O–H groups in total. The van der Waals surface area contributed by atoms with Gasteiger partial charge in [0.05, 0.1) is 14.9 Å². The van der Waals surface area contributed by atoms with Crippen LogP contribution < -0.4 is 0 Å². The molecule has 1 saturated heterocycles. The van der Waals surface area contributed by atoms with Crippen LogP contribution in [-0.2, 0) is 16.2 Å². The topological polar surface area (TPSA) is 58.0 Å². The number of halogens is 1. The van der Waals surface area contributed by atoms with Gasteiger partial charge >= 0.3 is 0 Å². The summed E-state index contributed by atoms with van der Waals surface area (Å²) in [5, 5.41) is 4.09. The number of aromatic nitrogens is 1. The highest BCUT2D eigenvalue weighted by Crippen LogP contribution is 2.27. The molecule has 0 unspecified atom stereocenters. The van der Waals surface area contributed by atoms with Crippen molar-refractivity contribution >= 4 is 34.6 Å². The second-order valence-corrected chi connectivity index (χ2v) is 8.08. The van der Waals surface area contributed by atoms with Gasteiger partial charge in [0.2, 0.25) is 6.10 Å². The predicted octanol–water partition coefficient (Wildman–Crippen LogP) is 2.63. The average molecular weight is 391 g/mol. The van der Waals surface area contributed by atoms with Gasteiger partial charge in [0.15, 0.2) is 0 Å². The highest BCUT2D eigenvalue weighted by atomic mass is 35.5. The van der Waals surface area contributed by atoms with Crippen molar-refractivity contribution in [3.05, 3.63) is 51.4 Å². The molecule has 0 spiro atoms. The Kier molecular flexibility index (Phi) is 5.19. The zero-order valence-corrected chi connectivity index (χ0v) is 15.7. The van der Waals surface area contributed by atoms with Crippen molar-refractivity contribution in [2.75, 3.05) is 26.2 Å². The molecule has 4 rings (SSSR count). The Hall–Kier alpha value is -1.96. The number of piperazine rings is 1. The van der Waals surface area contributed by atoms with Gasteiger partial charge in [0.1, 0.15) is 5.71 Å². The highest BCUT2D eigenvalue weighted by molar-refractivity contribution is 7.18. The average Bonchev–Trinajstić information content (AvgIpc) is 3.32. The molecule has 0 aliphatic carbocycles. The molecule has 26 heavy (non-hydrogen) atoms. The van der Waals surface area contributed by atoms with Crippen molar-refractivity contribution < 1.29 is 9.63 Å². The standard InChI is InChI=1S/C18H19ClN4O2S/c19-17-5-4-16(26-17)14-11-15(25-21-14)18(24)23-9-7-22(8-10-23)12-13-3-1-2-6-20-13/h1-6,15H,7-12H2/t15-/m0/s1. The van der Waals surface area contributed by atoms with E-state index in [0.29, 0.717) is 23.8 Å². The van der Waals surface area contributed by atoms with E-state index in [1.54, 1.807) is 0 Å². The van der Waals surface area contributed by atoms with E-state index in [9.17, 15) is 4.79 Å². The van der Waals surface area contributed by atoms with Crippen LogP contribution >= 0.6 is 22.9 Å². The highest BCUT2D eigenvalue weighted by Gasteiger charge is 2.34. The fourth-order valence-corrected chi connectivity index (χ4v) is 4.21. The molecular weight excluding hydrogens is 372 g/mol. The molecular formula is C18H19ClN4O2S. The van der Waals surface area contributed by atoms with Crippen molar-refractivity contribution in [3.8, 4) is 0 Å². The molecule has 2 aromatic heterocycles. The summed E-state index contributed by atoms with van der Waals surface area (Å²) in [6, 6.07) is 9.69. The summed E-state index contributed by atoms with van der Waals surface area (Å²) in [5.74, 6) is 0.0175. The summed E-state index contributed by atoms with van der Waals surface area (Å²) in [7, 11) is 0. The summed E-state index contributed by atoms with van der Waals surface area (Å²) < 4.78 is 0.710. The monoisotopic (exact) mass is 390 g/mol. The van der Waals surface area contributed by atoms with Crippen LogP contribution in [0.5, 0.6) is 0 Å². The largest absolute Gasteiger partial charge is 0.382 e. The van der Waals surface area contributed by atoms with Crippen molar-refractivity contribution in [2.45, 2.75) is 19.1 Å². The number of hydrogen-bond donors (Lipinski definition) is 0. The van der Waals surface area contributed by atoms with Gasteiger partial charge in [0.25, 0.3) is 5.91 Å². The van der Waals surface area contributed by atoms with Gasteiger partial charge in [-0.2, -0.15) is 0 Å². The number of rotatable bonds is 4. The van der Waals surface area contributed by atoms with Gasteiger partial charge in [0, 0.05) is 45.3 Å². The van der Waals surface area contributed by atoms with E-state index in [4.69, 9.17) is 16.4 Å². The van der Waals surface area contributed by atoms with E-state index in [2.05, 4.69) is 15.0 Å². The number of thiophene rings is 1. The van der Waals surface area contributed by atoms with Crippen LogP contribution in [0.1, 0.15) is 17.0 Å². The van der Waals surface area contributed by atoms with E-state index in [0.717, 1.165) is 35.9 Å². The lowest BCUT2D eigenvalue weighted by Gasteiger charge is -2.35. The van der Waals surface area contributed by atoms with Crippen LogP contribution in [-0.4, -0.2) is 58.7 Å². The van der Waals surface area contributed by atoms with Crippen LogP contribution in [0.25, 0.3) is 0 Å². The van der Waals surface area contributed by atoms with E-state index in [1.165, 1.54) is 11.3 Å². The van der Waals surface area contributed by atoms with Crippen LogP contribution in [0.15, 0.2) is 41.7 Å². The Morgan fingerprint density at radius 2 is 2.08 bits per heavy atom. The van der Waals surface area contributed by atoms with Crippen molar-refractivity contribution in [1.29, 1.82) is 0 Å². The van der Waals surface area contributed by atoms with Crippen LogP contribution in [0.2, 0.25) is 4.34 Å². The van der Waals surface area contributed by atoms with Crippen LogP contribution in [0.4, 0.5) is 0 Å². The Morgan fingerprint density at radius 3 is 2.77 bits per heavy atom. The molecule has 1 atom stereocenters. The first-order valence-corrected chi connectivity index (χ1v) is 9.78. The number of carbonyl (C=O) groups excluding carboxylic acids is 1. The smallest absolute Gasteiger partial charge is 0.266 e. The lowest BCUT2D eigenvalue weighted by Crippen LogP contribution is -2.51. The second kappa shape index (κ2) is 7.73. The quantitative estimate of drug-likeness (QED) is 0.805. The fraction of sp³-hybridized carbons (Fsp3) is 0.389. The Bertz CT molecular complexity index is 803. The number of carbonyl (C=O) groups is 1. The summed E-state index contributed by atoms with van der Waals surface area (Å²) >= 11 is 7.42. The minimum atomic E-state index is -0.520. The van der Waals surface area contributed by atoms with Crippen molar-refractivity contribution in [1.82, 2.24) is 14.8 Å². The Balaban J connectivity index is 1.28. The van der Waals surface area contributed by atoms with Gasteiger partial charge in [-0.05, 0) is 24.3 Å². The second-order valence-electron chi connectivity index (χ2n) is 6.36. The van der Waals surface area contributed by atoms with Crippen molar-refractivity contribution in [3.63, 3.8) is 0 Å². The maximum absolute atomic E-state index is 12.7. The number of oxime groups is 1. The summed E-state index contributed by atoms with van der Waals surface area (Å²) in [4.78, 5) is 27.6. The third-order valence-corrected chi connectivity index (χ3v) is 5.88.